The summed E-state index contributed by atoms with van der Waals surface area (Å²) in [6.07, 6.45) is 5.96. The van der Waals surface area contributed by atoms with Gasteiger partial charge in [0.15, 0.2) is 0 Å². The monoisotopic (exact) mass is 307 g/mol. The number of hydrogen-bond donors (Lipinski definition) is 0. The quantitative estimate of drug-likeness (QED) is 0.826. The smallest absolute Gasteiger partial charge is 0.219 e. The molecule has 0 bridgehead atoms. The van der Waals surface area contributed by atoms with Crippen LogP contribution in [-0.4, -0.2) is 33.7 Å². The summed E-state index contributed by atoms with van der Waals surface area (Å²) < 4.78 is 1.95. The van der Waals surface area contributed by atoms with Gasteiger partial charge in [-0.3, -0.25) is 9.48 Å². The molecule has 2 saturated carbocycles. The molecular weight excluding hydrogens is 274 g/mol. The molecule has 4 nitrogen and oxygen atoms in total. The van der Waals surface area contributed by atoms with E-state index in [4.69, 9.17) is 0 Å². The van der Waals surface area contributed by atoms with Crippen molar-refractivity contribution in [2.75, 3.05) is 7.05 Å². The lowest BCUT2D eigenvalue weighted by atomic mass is 10.1. The second-order valence-electron chi connectivity index (χ2n) is 6.54. The number of rotatable bonds is 2. The molecule has 0 aromatic carbocycles. The van der Waals surface area contributed by atoms with Crippen LogP contribution in [0.2, 0.25) is 0 Å². The summed E-state index contributed by atoms with van der Waals surface area (Å²) in [5.74, 6) is 2.17. The molecule has 0 spiro atoms. The third-order valence-corrected chi connectivity index (χ3v) is 4.53. The van der Waals surface area contributed by atoms with E-state index in [-0.39, 0.29) is 5.91 Å². The molecule has 2 atom stereocenters. The van der Waals surface area contributed by atoms with Crippen LogP contribution in [0.4, 0.5) is 0 Å². The number of fused-ring (bicyclic) bond motifs is 1. The van der Waals surface area contributed by atoms with Gasteiger partial charge < -0.3 is 4.90 Å². The minimum atomic E-state index is 0.219. The first kappa shape index (κ1) is 18.7. The van der Waals surface area contributed by atoms with E-state index in [9.17, 15) is 4.79 Å². The second kappa shape index (κ2) is 8.35. The molecule has 0 saturated heterocycles. The summed E-state index contributed by atoms with van der Waals surface area (Å²) in [6.45, 7) is 11.9. The molecule has 0 N–H and O–H groups in total. The van der Waals surface area contributed by atoms with Gasteiger partial charge >= 0.3 is 0 Å². The maximum Gasteiger partial charge on any atom is 0.219 e. The number of amides is 1. The van der Waals surface area contributed by atoms with E-state index >= 15 is 0 Å². The van der Waals surface area contributed by atoms with Gasteiger partial charge in [-0.05, 0) is 57.9 Å². The maximum absolute atomic E-state index is 11.0. The standard InChI is InChI=1S/C9H15NO.C7H12N2.C2H6/c1-6(11)10(2)9-4-7-3-8(7)5-9;1-6(2)9-5-4-7(3)8-9;1-2/h7-9H,3-5H2,1-2H3;4-6H,1-3H3;1-2H3. The normalized spacial score (nSPS) is 24.6. The molecule has 2 unspecified atom stereocenters. The van der Waals surface area contributed by atoms with Gasteiger partial charge in [0, 0.05) is 32.3 Å². The lowest BCUT2D eigenvalue weighted by Gasteiger charge is -2.24. The maximum atomic E-state index is 11.0. The van der Waals surface area contributed by atoms with Crippen molar-refractivity contribution in [2.45, 2.75) is 72.9 Å². The van der Waals surface area contributed by atoms with E-state index < -0.39 is 0 Å². The largest absolute Gasteiger partial charge is 0.343 e. The third-order valence-electron chi connectivity index (χ3n) is 4.53. The second-order valence-corrected chi connectivity index (χ2v) is 6.54. The number of carbonyl (C=O) groups excluding carboxylic acids is 1. The fourth-order valence-electron chi connectivity index (χ4n) is 2.98. The van der Waals surface area contributed by atoms with E-state index in [1.807, 2.05) is 49.7 Å². The Morgan fingerprint density at radius 1 is 1.27 bits per heavy atom. The fraction of sp³-hybridized carbons (Fsp3) is 0.778. The van der Waals surface area contributed by atoms with Crippen molar-refractivity contribution in [3.63, 3.8) is 0 Å². The molecular formula is C18H33N3O. The molecule has 0 radical (unpaired) electrons. The van der Waals surface area contributed by atoms with Crippen LogP contribution in [0.15, 0.2) is 12.3 Å². The van der Waals surface area contributed by atoms with Crippen molar-refractivity contribution in [3.05, 3.63) is 18.0 Å². The van der Waals surface area contributed by atoms with E-state index in [1.54, 1.807) is 6.92 Å². The molecule has 1 amide bonds. The first-order valence-electron chi connectivity index (χ1n) is 8.63. The van der Waals surface area contributed by atoms with Gasteiger partial charge in [0.2, 0.25) is 5.91 Å². The van der Waals surface area contributed by atoms with Crippen LogP contribution in [0.3, 0.4) is 0 Å². The van der Waals surface area contributed by atoms with E-state index in [1.165, 1.54) is 19.3 Å². The Kier molecular flexibility index (Phi) is 7.11. The fourth-order valence-corrected chi connectivity index (χ4v) is 2.98. The van der Waals surface area contributed by atoms with Gasteiger partial charge in [-0.1, -0.05) is 13.8 Å². The number of aryl methyl sites for hydroxylation is 1. The Morgan fingerprint density at radius 3 is 2.14 bits per heavy atom. The molecule has 2 aliphatic rings. The van der Waals surface area contributed by atoms with Crippen molar-refractivity contribution in [1.82, 2.24) is 14.7 Å². The van der Waals surface area contributed by atoms with Crippen LogP contribution < -0.4 is 0 Å². The van der Waals surface area contributed by atoms with Crippen LogP contribution in [0, 0.1) is 18.8 Å². The number of aromatic nitrogens is 2. The summed E-state index contributed by atoms with van der Waals surface area (Å²) in [7, 11) is 1.93. The lowest BCUT2D eigenvalue weighted by Crippen LogP contribution is -2.34. The minimum Gasteiger partial charge on any atom is -0.343 e. The summed E-state index contributed by atoms with van der Waals surface area (Å²) in [4.78, 5) is 12.9. The Morgan fingerprint density at radius 2 is 1.82 bits per heavy atom. The summed E-state index contributed by atoms with van der Waals surface area (Å²) >= 11 is 0. The Labute approximate surface area is 135 Å². The van der Waals surface area contributed by atoms with Gasteiger partial charge in [0.05, 0.1) is 5.69 Å². The van der Waals surface area contributed by atoms with E-state index in [0.29, 0.717) is 12.1 Å². The number of nitrogens with zero attached hydrogens (tertiary/aromatic N) is 3. The number of carbonyl (C=O) groups is 1. The van der Waals surface area contributed by atoms with Crippen LogP contribution in [0.1, 0.15) is 65.6 Å². The third kappa shape index (κ3) is 5.15. The molecule has 126 valence electrons. The first-order valence-corrected chi connectivity index (χ1v) is 8.63. The van der Waals surface area contributed by atoms with Crippen molar-refractivity contribution in [3.8, 4) is 0 Å². The van der Waals surface area contributed by atoms with Crippen LogP contribution in [-0.2, 0) is 4.79 Å². The highest BCUT2D eigenvalue weighted by atomic mass is 16.2. The van der Waals surface area contributed by atoms with Crippen LogP contribution in [0.25, 0.3) is 0 Å². The molecule has 2 fully saturated rings. The highest BCUT2D eigenvalue weighted by Crippen LogP contribution is 2.52. The Hall–Kier alpha value is -1.32. The van der Waals surface area contributed by atoms with Crippen molar-refractivity contribution < 1.29 is 4.79 Å². The van der Waals surface area contributed by atoms with Gasteiger partial charge in [-0.15, -0.1) is 0 Å². The molecule has 1 aromatic rings. The SMILES string of the molecule is CC.CC(=O)N(C)C1CC2CC2C1.Cc1ccn(C(C)C)n1. The Bertz CT molecular complexity index is 457. The van der Waals surface area contributed by atoms with Gasteiger partial charge in [-0.25, -0.2) is 0 Å². The average molecular weight is 307 g/mol. The lowest BCUT2D eigenvalue weighted by molar-refractivity contribution is -0.129. The van der Waals surface area contributed by atoms with E-state index in [2.05, 4.69) is 18.9 Å². The zero-order valence-electron chi connectivity index (χ0n) is 15.3. The predicted molar refractivity (Wildman–Crippen MR) is 91.8 cm³/mol. The van der Waals surface area contributed by atoms with E-state index in [0.717, 1.165) is 17.5 Å². The van der Waals surface area contributed by atoms with Crippen molar-refractivity contribution >= 4 is 5.91 Å². The van der Waals surface area contributed by atoms with Gasteiger partial charge in [-0.2, -0.15) is 5.10 Å². The highest BCUT2D eigenvalue weighted by molar-refractivity contribution is 5.73. The highest BCUT2D eigenvalue weighted by Gasteiger charge is 2.47. The molecule has 22 heavy (non-hydrogen) atoms. The molecule has 2 aliphatic carbocycles. The zero-order chi connectivity index (χ0) is 16.9. The molecule has 1 heterocycles. The zero-order valence-corrected chi connectivity index (χ0v) is 15.3. The first-order chi connectivity index (χ1) is 10.4. The van der Waals surface area contributed by atoms with Crippen LogP contribution in [0.5, 0.6) is 0 Å². The van der Waals surface area contributed by atoms with Gasteiger partial charge in [0.1, 0.15) is 0 Å². The topological polar surface area (TPSA) is 38.1 Å². The van der Waals surface area contributed by atoms with Crippen LogP contribution >= 0.6 is 0 Å². The molecule has 3 rings (SSSR count). The van der Waals surface area contributed by atoms with Crippen molar-refractivity contribution in [1.29, 1.82) is 0 Å². The molecule has 4 heteroatoms. The number of hydrogen-bond acceptors (Lipinski definition) is 2. The van der Waals surface area contributed by atoms with Crippen molar-refractivity contribution in [2.24, 2.45) is 11.8 Å². The predicted octanol–water partition coefficient (Wildman–Crippen LogP) is 4.06. The molecule has 1 aromatic heterocycles. The summed E-state index contributed by atoms with van der Waals surface area (Å²) in [5.41, 5.74) is 1.09. The molecule has 0 aliphatic heterocycles. The summed E-state index contributed by atoms with van der Waals surface area (Å²) in [6, 6.07) is 3.06. The van der Waals surface area contributed by atoms with Gasteiger partial charge in [0.25, 0.3) is 0 Å². The summed E-state index contributed by atoms with van der Waals surface area (Å²) in [5, 5.41) is 4.23. The average Bonchev–Trinajstić information content (AvgIpc) is 2.90. The Balaban J connectivity index is 0.000000202. The minimum absolute atomic E-state index is 0.219.